The summed E-state index contributed by atoms with van der Waals surface area (Å²) < 4.78 is 10.7. The van der Waals surface area contributed by atoms with Crippen molar-refractivity contribution in [3.63, 3.8) is 0 Å². The van der Waals surface area contributed by atoms with E-state index >= 15 is 0 Å². The summed E-state index contributed by atoms with van der Waals surface area (Å²) in [6.07, 6.45) is -0.171. The second-order valence-corrected chi connectivity index (χ2v) is 3.21. The van der Waals surface area contributed by atoms with E-state index in [1.165, 1.54) is 0 Å². The molecule has 0 saturated carbocycles. The van der Waals surface area contributed by atoms with Crippen LogP contribution in [0.15, 0.2) is 0 Å². The predicted molar refractivity (Wildman–Crippen MR) is 40.0 cm³/mol. The number of rotatable bonds is 2. The average molecular weight is 161 g/mol. The third kappa shape index (κ3) is 2.13. The molecule has 1 aliphatic rings. The second-order valence-electron chi connectivity index (χ2n) is 3.21. The Morgan fingerprint density at radius 2 is 2.36 bits per heavy atom. The molecule has 0 aromatic rings. The first-order valence-corrected chi connectivity index (χ1v) is 3.73. The molecule has 1 rings (SSSR count). The van der Waals surface area contributed by atoms with Gasteiger partial charge in [0.1, 0.15) is 6.10 Å². The van der Waals surface area contributed by atoms with Gasteiger partial charge >= 0.3 is 0 Å². The molecule has 0 aromatic heterocycles. The van der Waals surface area contributed by atoms with Crippen LogP contribution < -0.4 is 5.73 Å². The summed E-state index contributed by atoms with van der Waals surface area (Å²) in [6.45, 7) is 4.06. The van der Waals surface area contributed by atoms with Crippen molar-refractivity contribution in [1.29, 1.82) is 0 Å². The fourth-order valence-corrected chi connectivity index (χ4v) is 1.04. The average Bonchev–Trinajstić information content (AvgIpc) is 2.29. The third-order valence-electron chi connectivity index (χ3n) is 1.72. The van der Waals surface area contributed by atoms with Crippen molar-refractivity contribution in [3.8, 4) is 0 Å². The van der Waals surface area contributed by atoms with Gasteiger partial charge in [0.15, 0.2) is 5.79 Å². The van der Waals surface area contributed by atoms with Crippen molar-refractivity contribution in [3.05, 3.63) is 0 Å². The molecule has 11 heavy (non-hydrogen) atoms. The molecule has 0 radical (unpaired) electrons. The van der Waals surface area contributed by atoms with Gasteiger partial charge in [0.05, 0.1) is 19.3 Å². The van der Waals surface area contributed by atoms with E-state index in [2.05, 4.69) is 0 Å². The van der Waals surface area contributed by atoms with E-state index < -0.39 is 5.79 Å². The minimum absolute atomic E-state index is 0.0654. The zero-order chi connectivity index (χ0) is 8.48. The molecule has 0 unspecified atom stereocenters. The molecule has 4 nitrogen and oxygen atoms in total. The molecule has 66 valence electrons. The summed E-state index contributed by atoms with van der Waals surface area (Å²) in [6, 6.07) is -0.336. The van der Waals surface area contributed by atoms with E-state index in [0.29, 0.717) is 6.61 Å². The summed E-state index contributed by atoms with van der Waals surface area (Å²) in [7, 11) is 0. The Morgan fingerprint density at radius 3 is 2.73 bits per heavy atom. The van der Waals surface area contributed by atoms with E-state index in [9.17, 15) is 0 Å². The minimum Gasteiger partial charge on any atom is -0.395 e. The molecule has 0 aromatic carbocycles. The molecule has 1 aliphatic heterocycles. The molecule has 0 bridgehead atoms. The van der Waals surface area contributed by atoms with Crippen molar-refractivity contribution < 1.29 is 14.6 Å². The number of aliphatic hydroxyl groups is 1. The lowest BCUT2D eigenvalue weighted by Crippen LogP contribution is -2.40. The lowest BCUT2D eigenvalue weighted by atomic mass is 10.2. The van der Waals surface area contributed by atoms with Crippen molar-refractivity contribution >= 4 is 0 Å². The van der Waals surface area contributed by atoms with Gasteiger partial charge in [-0.3, -0.25) is 0 Å². The molecule has 1 heterocycles. The van der Waals surface area contributed by atoms with Gasteiger partial charge < -0.3 is 20.3 Å². The van der Waals surface area contributed by atoms with Gasteiger partial charge in [-0.05, 0) is 13.8 Å². The maximum atomic E-state index is 8.70. The number of hydrogen-bond donors (Lipinski definition) is 2. The summed E-state index contributed by atoms with van der Waals surface area (Å²) in [4.78, 5) is 0. The van der Waals surface area contributed by atoms with Crippen LogP contribution in [0.2, 0.25) is 0 Å². The Labute approximate surface area is 66.3 Å². The standard InChI is InChI=1S/C7H15NO3/c1-7(2)10-4-6(11-7)5(8)3-9/h5-6,9H,3-4,8H2,1-2H3/t5-,6-/m0/s1. The van der Waals surface area contributed by atoms with Crippen LogP contribution in [-0.2, 0) is 9.47 Å². The Bertz CT molecular complexity index is 138. The molecule has 3 N–H and O–H groups in total. The molecule has 0 aliphatic carbocycles. The summed E-state index contributed by atoms with van der Waals surface area (Å²) in [5.41, 5.74) is 5.54. The number of hydrogen-bond acceptors (Lipinski definition) is 4. The van der Waals surface area contributed by atoms with Gasteiger partial charge in [0, 0.05) is 0 Å². The monoisotopic (exact) mass is 161 g/mol. The number of aliphatic hydroxyl groups excluding tert-OH is 1. The molecule has 1 fully saturated rings. The van der Waals surface area contributed by atoms with Crippen molar-refractivity contribution in [1.82, 2.24) is 0 Å². The lowest BCUT2D eigenvalue weighted by Gasteiger charge is -2.19. The smallest absolute Gasteiger partial charge is 0.163 e. The third-order valence-corrected chi connectivity index (χ3v) is 1.72. The minimum atomic E-state index is -0.544. The van der Waals surface area contributed by atoms with E-state index in [4.69, 9.17) is 20.3 Å². The largest absolute Gasteiger partial charge is 0.395 e. The fourth-order valence-electron chi connectivity index (χ4n) is 1.04. The molecule has 0 amide bonds. The summed E-state index contributed by atoms with van der Waals surface area (Å²) in [5.74, 6) is -0.544. The molecule has 2 atom stereocenters. The van der Waals surface area contributed by atoms with Crippen LogP contribution in [0.3, 0.4) is 0 Å². The first kappa shape index (κ1) is 8.93. The topological polar surface area (TPSA) is 64.7 Å². The zero-order valence-corrected chi connectivity index (χ0v) is 6.91. The Hall–Kier alpha value is -0.160. The molecule has 1 saturated heterocycles. The van der Waals surface area contributed by atoms with E-state index in [1.54, 1.807) is 0 Å². The van der Waals surface area contributed by atoms with Gasteiger partial charge in [-0.15, -0.1) is 0 Å². The summed E-state index contributed by atoms with van der Waals surface area (Å²) >= 11 is 0. The van der Waals surface area contributed by atoms with Crippen LogP contribution in [0.1, 0.15) is 13.8 Å². The van der Waals surface area contributed by atoms with Gasteiger partial charge in [0.2, 0.25) is 0 Å². The second kappa shape index (κ2) is 3.06. The lowest BCUT2D eigenvalue weighted by molar-refractivity contribution is -0.141. The van der Waals surface area contributed by atoms with Crippen LogP contribution in [0.5, 0.6) is 0 Å². The van der Waals surface area contributed by atoms with Crippen molar-refractivity contribution in [2.24, 2.45) is 5.73 Å². The Balaban J connectivity index is 2.41. The van der Waals surface area contributed by atoms with E-state index in [1.807, 2.05) is 13.8 Å². The predicted octanol–water partition coefficient (Wildman–Crippen LogP) is -0.542. The van der Waals surface area contributed by atoms with Crippen LogP contribution >= 0.6 is 0 Å². The maximum absolute atomic E-state index is 8.70. The highest BCUT2D eigenvalue weighted by Gasteiger charge is 2.35. The van der Waals surface area contributed by atoms with Crippen molar-refractivity contribution in [2.75, 3.05) is 13.2 Å². The van der Waals surface area contributed by atoms with Gasteiger partial charge in [-0.1, -0.05) is 0 Å². The fraction of sp³-hybridized carbons (Fsp3) is 1.00. The highest BCUT2D eigenvalue weighted by Crippen LogP contribution is 2.23. The summed E-state index contributed by atoms with van der Waals surface area (Å²) in [5, 5.41) is 8.70. The molecule has 4 heteroatoms. The normalized spacial score (nSPS) is 32.2. The quantitative estimate of drug-likeness (QED) is 0.570. The number of ether oxygens (including phenoxy) is 2. The van der Waals surface area contributed by atoms with Crippen LogP contribution in [0.4, 0.5) is 0 Å². The van der Waals surface area contributed by atoms with Crippen LogP contribution in [0.25, 0.3) is 0 Å². The Kier molecular flexibility index (Phi) is 2.49. The molecular weight excluding hydrogens is 146 g/mol. The van der Waals surface area contributed by atoms with Crippen molar-refractivity contribution in [2.45, 2.75) is 31.8 Å². The zero-order valence-electron chi connectivity index (χ0n) is 6.91. The number of nitrogens with two attached hydrogens (primary N) is 1. The van der Waals surface area contributed by atoms with Gasteiger partial charge in [0.25, 0.3) is 0 Å². The van der Waals surface area contributed by atoms with Crippen LogP contribution in [-0.4, -0.2) is 36.3 Å². The van der Waals surface area contributed by atoms with Gasteiger partial charge in [-0.25, -0.2) is 0 Å². The Morgan fingerprint density at radius 1 is 1.73 bits per heavy atom. The molecular formula is C7H15NO3. The van der Waals surface area contributed by atoms with E-state index in [-0.39, 0.29) is 18.8 Å². The highest BCUT2D eigenvalue weighted by molar-refractivity contribution is 4.79. The first-order chi connectivity index (χ1) is 5.05. The van der Waals surface area contributed by atoms with Gasteiger partial charge in [-0.2, -0.15) is 0 Å². The van der Waals surface area contributed by atoms with Crippen LogP contribution in [0, 0.1) is 0 Å². The highest BCUT2D eigenvalue weighted by atomic mass is 16.7. The maximum Gasteiger partial charge on any atom is 0.163 e. The SMILES string of the molecule is CC1(C)OC[C@@H]([C@@H](N)CO)O1. The van der Waals surface area contributed by atoms with E-state index in [0.717, 1.165) is 0 Å². The first-order valence-electron chi connectivity index (χ1n) is 3.73. The molecule has 0 spiro atoms.